The monoisotopic (exact) mass is 478 g/mol. The Balaban J connectivity index is 0.00000225. The Morgan fingerprint density at radius 2 is 2.12 bits per heavy atom. The number of sulfone groups is 1. The van der Waals surface area contributed by atoms with E-state index in [1.54, 1.807) is 20.9 Å². The fourth-order valence-corrected chi connectivity index (χ4v) is 4.19. The fourth-order valence-electron chi connectivity index (χ4n) is 2.83. The van der Waals surface area contributed by atoms with E-state index in [-0.39, 0.29) is 29.7 Å². The minimum absolute atomic E-state index is 0. The van der Waals surface area contributed by atoms with Crippen LogP contribution in [0.2, 0.25) is 0 Å². The van der Waals surface area contributed by atoms with Gasteiger partial charge >= 0.3 is 0 Å². The first-order valence-electron chi connectivity index (χ1n) is 7.80. The number of aromatic nitrogens is 3. The zero-order chi connectivity index (χ0) is 17.4. The summed E-state index contributed by atoms with van der Waals surface area (Å²) in [6.45, 7) is 4.82. The summed E-state index contributed by atoms with van der Waals surface area (Å²) in [5.74, 6) is 1.58. The average Bonchev–Trinajstić information content (AvgIpc) is 2.95. The van der Waals surface area contributed by atoms with E-state index in [1.165, 1.54) is 0 Å². The highest BCUT2D eigenvalue weighted by molar-refractivity contribution is 14.0. The summed E-state index contributed by atoms with van der Waals surface area (Å²) in [6.07, 6.45) is 1.91. The van der Waals surface area contributed by atoms with E-state index in [2.05, 4.69) is 20.5 Å². The number of pyridine rings is 1. The van der Waals surface area contributed by atoms with Crippen LogP contribution in [0.15, 0.2) is 29.4 Å². The lowest BCUT2D eigenvalue weighted by Gasteiger charge is -2.39. The van der Waals surface area contributed by atoms with Gasteiger partial charge in [-0.3, -0.25) is 9.39 Å². The molecule has 2 aromatic heterocycles. The summed E-state index contributed by atoms with van der Waals surface area (Å²) in [5.41, 5.74) is 0.787. The maximum Gasteiger partial charge on any atom is 0.194 e. The molecule has 0 unspecified atom stereocenters. The van der Waals surface area contributed by atoms with Crippen molar-refractivity contribution in [3.63, 3.8) is 0 Å². The first-order chi connectivity index (χ1) is 11.3. The van der Waals surface area contributed by atoms with Crippen molar-refractivity contribution in [2.45, 2.75) is 25.1 Å². The number of nitrogens with zero attached hydrogens (tertiary/aromatic N) is 5. The third kappa shape index (κ3) is 3.89. The second-order valence-corrected chi connectivity index (χ2v) is 9.19. The number of guanidine groups is 1. The van der Waals surface area contributed by atoms with Crippen molar-refractivity contribution in [1.82, 2.24) is 24.8 Å². The van der Waals surface area contributed by atoms with Crippen LogP contribution < -0.4 is 5.32 Å². The van der Waals surface area contributed by atoms with Crippen molar-refractivity contribution in [3.8, 4) is 0 Å². The molecule has 0 spiro atoms. The molecule has 1 N–H and O–H groups in total. The van der Waals surface area contributed by atoms with Gasteiger partial charge in [-0.25, -0.2) is 8.42 Å². The second kappa shape index (κ2) is 7.44. The predicted octanol–water partition coefficient (Wildman–Crippen LogP) is 0.932. The Morgan fingerprint density at radius 3 is 2.80 bits per heavy atom. The highest BCUT2D eigenvalue weighted by Gasteiger charge is 2.40. The first-order valence-corrected chi connectivity index (χ1v) is 9.46. The predicted molar refractivity (Wildman–Crippen MR) is 108 cm³/mol. The highest BCUT2D eigenvalue weighted by atomic mass is 127. The van der Waals surface area contributed by atoms with Crippen LogP contribution in [0.1, 0.15) is 19.7 Å². The van der Waals surface area contributed by atoms with Crippen molar-refractivity contribution in [2.75, 3.05) is 25.9 Å². The highest BCUT2D eigenvalue weighted by Crippen LogP contribution is 2.23. The van der Waals surface area contributed by atoms with E-state index >= 15 is 0 Å². The summed E-state index contributed by atoms with van der Waals surface area (Å²) in [6, 6.07) is 5.73. The normalized spacial score (nSPS) is 19.5. The number of halogens is 1. The molecule has 1 fully saturated rings. The van der Waals surface area contributed by atoms with Crippen molar-refractivity contribution in [2.24, 2.45) is 4.99 Å². The van der Waals surface area contributed by atoms with Gasteiger partial charge in [-0.15, -0.1) is 34.2 Å². The quantitative estimate of drug-likeness (QED) is 0.393. The largest absolute Gasteiger partial charge is 0.349 e. The van der Waals surface area contributed by atoms with Crippen molar-refractivity contribution >= 4 is 45.4 Å². The zero-order valence-corrected chi connectivity index (χ0v) is 17.7. The van der Waals surface area contributed by atoms with Crippen LogP contribution in [-0.2, 0) is 16.4 Å². The molecule has 2 aromatic rings. The molecule has 0 saturated carbocycles. The molecule has 1 saturated heterocycles. The van der Waals surface area contributed by atoms with Crippen molar-refractivity contribution < 1.29 is 8.42 Å². The van der Waals surface area contributed by atoms with Gasteiger partial charge in [-0.1, -0.05) is 6.07 Å². The summed E-state index contributed by atoms with van der Waals surface area (Å²) in [4.78, 5) is 6.26. The third-order valence-corrected chi connectivity index (χ3v) is 6.88. The van der Waals surface area contributed by atoms with Gasteiger partial charge in [0.15, 0.2) is 27.3 Å². The van der Waals surface area contributed by atoms with Gasteiger partial charge in [0.25, 0.3) is 0 Å². The van der Waals surface area contributed by atoms with E-state index in [9.17, 15) is 8.42 Å². The summed E-state index contributed by atoms with van der Waals surface area (Å²) < 4.78 is 25.4. The molecule has 8 nitrogen and oxygen atoms in total. The molecule has 25 heavy (non-hydrogen) atoms. The number of aliphatic imine (C=N–C) groups is 1. The summed E-state index contributed by atoms with van der Waals surface area (Å²) >= 11 is 0. The number of nitrogens with one attached hydrogen (secondary N) is 1. The second-order valence-electron chi connectivity index (χ2n) is 6.45. The molecule has 1 aliphatic heterocycles. The van der Waals surface area contributed by atoms with Crippen molar-refractivity contribution in [3.05, 3.63) is 30.2 Å². The Morgan fingerprint density at radius 1 is 1.36 bits per heavy atom. The van der Waals surface area contributed by atoms with E-state index in [0.29, 0.717) is 25.6 Å². The summed E-state index contributed by atoms with van der Waals surface area (Å²) in [5, 5.41) is 11.6. The molecule has 0 aliphatic carbocycles. The molecule has 10 heteroatoms. The number of hydrogen-bond acceptors (Lipinski definition) is 5. The Hall–Kier alpha value is -1.43. The minimum atomic E-state index is -3.07. The van der Waals surface area contributed by atoms with Crippen LogP contribution in [0.25, 0.3) is 5.65 Å². The Kier molecular flexibility index (Phi) is 5.92. The molecule has 0 radical (unpaired) electrons. The topological polar surface area (TPSA) is 92.0 Å². The standard InChI is InChI=1S/C15H22N6O2S.HI/c1-15(2)11-20(8-9-24(15,22)23)14(16-3)17-10-13-19-18-12-6-4-5-7-21(12)13;/h4-7H,8-11H2,1-3H3,(H,16,17);1H. The van der Waals surface area contributed by atoms with Crippen LogP contribution in [0.3, 0.4) is 0 Å². The fraction of sp³-hybridized carbons (Fsp3) is 0.533. The van der Waals surface area contributed by atoms with Gasteiger partial charge in [-0.05, 0) is 26.0 Å². The van der Waals surface area contributed by atoms with Gasteiger partial charge in [0.1, 0.15) is 0 Å². The molecule has 1 aliphatic rings. The number of hydrogen-bond donors (Lipinski definition) is 1. The van der Waals surface area contributed by atoms with Gasteiger partial charge < -0.3 is 10.2 Å². The van der Waals surface area contributed by atoms with Crippen LogP contribution in [0.4, 0.5) is 0 Å². The lowest BCUT2D eigenvalue weighted by Crippen LogP contribution is -2.57. The third-order valence-electron chi connectivity index (χ3n) is 4.34. The molecular formula is C15H23IN6O2S. The Bertz CT molecular complexity index is 877. The van der Waals surface area contributed by atoms with Crippen LogP contribution in [-0.4, -0.2) is 64.5 Å². The van der Waals surface area contributed by atoms with Gasteiger partial charge in [0.05, 0.1) is 17.0 Å². The lowest BCUT2D eigenvalue weighted by molar-refractivity contribution is 0.353. The first kappa shape index (κ1) is 19.9. The van der Waals surface area contributed by atoms with Crippen LogP contribution >= 0.6 is 24.0 Å². The van der Waals surface area contributed by atoms with Crippen molar-refractivity contribution in [1.29, 1.82) is 0 Å². The number of rotatable bonds is 2. The zero-order valence-electron chi connectivity index (χ0n) is 14.5. The maximum absolute atomic E-state index is 12.1. The molecule has 3 heterocycles. The van der Waals surface area contributed by atoms with Crippen LogP contribution in [0.5, 0.6) is 0 Å². The molecular weight excluding hydrogens is 455 g/mol. The SMILES string of the molecule is CN=C(NCc1nnc2ccccn12)N1CCS(=O)(=O)C(C)(C)C1.I. The molecule has 0 aromatic carbocycles. The van der Waals surface area contributed by atoms with E-state index in [1.807, 2.05) is 33.7 Å². The maximum atomic E-state index is 12.1. The Labute approximate surface area is 164 Å². The van der Waals surface area contributed by atoms with Gasteiger partial charge in [0, 0.05) is 26.3 Å². The molecule has 3 rings (SSSR count). The molecule has 0 atom stereocenters. The van der Waals surface area contributed by atoms with E-state index < -0.39 is 14.6 Å². The van der Waals surface area contributed by atoms with Crippen LogP contribution in [0, 0.1) is 0 Å². The smallest absolute Gasteiger partial charge is 0.194 e. The lowest BCUT2D eigenvalue weighted by atomic mass is 10.2. The van der Waals surface area contributed by atoms with E-state index in [0.717, 1.165) is 11.5 Å². The van der Waals surface area contributed by atoms with E-state index in [4.69, 9.17) is 0 Å². The average molecular weight is 478 g/mol. The summed E-state index contributed by atoms with van der Waals surface area (Å²) in [7, 11) is -1.38. The minimum Gasteiger partial charge on any atom is -0.349 e. The molecule has 0 amide bonds. The number of fused-ring (bicyclic) bond motifs is 1. The molecule has 138 valence electrons. The van der Waals surface area contributed by atoms with Gasteiger partial charge in [0.2, 0.25) is 0 Å². The van der Waals surface area contributed by atoms with Gasteiger partial charge in [-0.2, -0.15) is 0 Å². The molecule has 0 bridgehead atoms.